The van der Waals surface area contributed by atoms with Crippen LogP contribution in [0, 0.1) is 0 Å². The fourth-order valence-electron chi connectivity index (χ4n) is 2.13. The molecule has 0 fully saturated rings. The van der Waals surface area contributed by atoms with Gasteiger partial charge in [-0.05, 0) is 26.3 Å². The summed E-state index contributed by atoms with van der Waals surface area (Å²) in [6, 6.07) is 0.428. The molecule has 0 aliphatic carbocycles. The normalized spacial score (nSPS) is 17.0. The fraction of sp³-hybridized carbons (Fsp3) is 1.00. The van der Waals surface area contributed by atoms with Gasteiger partial charge in [0.25, 0.3) is 0 Å². The summed E-state index contributed by atoms with van der Waals surface area (Å²) in [4.78, 5) is 0. The maximum Gasteiger partial charge on any atom is 0.0498 e. The van der Waals surface area contributed by atoms with Crippen molar-refractivity contribution in [1.82, 2.24) is 5.32 Å². The summed E-state index contributed by atoms with van der Waals surface area (Å²) >= 11 is 0. The van der Waals surface area contributed by atoms with Gasteiger partial charge in [-0.15, -0.1) is 0 Å². The molecule has 0 bridgehead atoms. The van der Waals surface area contributed by atoms with Gasteiger partial charge < -0.3 is 5.32 Å². The molecule has 0 saturated heterocycles. The monoisotopic (exact) mass is 247 g/mol. The quantitative estimate of drug-likeness (QED) is 0.601. The minimum absolute atomic E-state index is 0.335. The van der Waals surface area contributed by atoms with Gasteiger partial charge >= 0.3 is 0 Å². The Labute approximate surface area is 104 Å². The van der Waals surface area contributed by atoms with E-state index in [1.807, 2.05) is 7.05 Å². The Bertz CT molecular complexity index is 185. The summed E-state index contributed by atoms with van der Waals surface area (Å²) in [7, 11) is 1.34. The van der Waals surface area contributed by atoms with Crippen LogP contribution in [-0.2, 0) is 10.8 Å². The van der Waals surface area contributed by atoms with Crippen molar-refractivity contribution in [3.63, 3.8) is 0 Å². The van der Waals surface area contributed by atoms with E-state index in [-0.39, 0.29) is 0 Å². The maximum absolute atomic E-state index is 12.2. The molecule has 3 unspecified atom stereocenters. The van der Waals surface area contributed by atoms with Crippen molar-refractivity contribution in [2.45, 2.75) is 70.6 Å². The van der Waals surface area contributed by atoms with Crippen molar-refractivity contribution in [2.24, 2.45) is 0 Å². The molecule has 0 amide bonds. The Kier molecular flexibility index (Phi) is 10.3. The minimum Gasteiger partial charge on any atom is -0.316 e. The summed E-state index contributed by atoms with van der Waals surface area (Å²) in [6.45, 7) is 6.53. The lowest BCUT2D eigenvalue weighted by molar-refractivity contribution is 0.480. The van der Waals surface area contributed by atoms with E-state index < -0.39 is 10.8 Å². The van der Waals surface area contributed by atoms with E-state index in [0.29, 0.717) is 11.3 Å². The van der Waals surface area contributed by atoms with Gasteiger partial charge in [-0.25, -0.2) is 0 Å². The van der Waals surface area contributed by atoms with Gasteiger partial charge in [-0.1, -0.05) is 40.0 Å². The number of hydrogen-bond acceptors (Lipinski definition) is 2. The van der Waals surface area contributed by atoms with E-state index in [9.17, 15) is 4.21 Å². The van der Waals surface area contributed by atoms with Gasteiger partial charge in [0.2, 0.25) is 0 Å². The van der Waals surface area contributed by atoms with Crippen LogP contribution >= 0.6 is 0 Å². The molecule has 1 N–H and O–H groups in total. The molecule has 0 rings (SSSR count). The topological polar surface area (TPSA) is 29.1 Å². The third kappa shape index (κ3) is 6.00. The van der Waals surface area contributed by atoms with Gasteiger partial charge in [0.1, 0.15) is 0 Å². The smallest absolute Gasteiger partial charge is 0.0498 e. The molecule has 0 aliphatic rings. The second kappa shape index (κ2) is 10.3. The second-order valence-electron chi connectivity index (χ2n) is 4.42. The van der Waals surface area contributed by atoms with E-state index in [2.05, 4.69) is 26.1 Å². The molecule has 0 aromatic heterocycles. The van der Waals surface area contributed by atoms with E-state index in [4.69, 9.17) is 0 Å². The largest absolute Gasteiger partial charge is 0.316 e. The van der Waals surface area contributed by atoms with Crippen LogP contribution in [0.3, 0.4) is 0 Å². The summed E-state index contributed by atoms with van der Waals surface area (Å²) < 4.78 is 12.2. The highest BCUT2D eigenvalue weighted by Gasteiger charge is 2.22. The Hall–Kier alpha value is 0.110. The van der Waals surface area contributed by atoms with E-state index in [0.717, 1.165) is 31.4 Å². The maximum atomic E-state index is 12.2. The van der Waals surface area contributed by atoms with Crippen molar-refractivity contribution in [1.29, 1.82) is 0 Å². The summed E-state index contributed by atoms with van der Waals surface area (Å²) in [5, 5.41) is 3.67. The van der Waals surface area contributed by atoms with Crippen LogP contribution in [0.25, 0.3) is 0 Å². The van der Waals surface area contributed by atoms with Crippen LogP contribution in [0.5, 0.6) is 0 Å². The molecule has 0 radical (unpaired) electrons. The highest BCUT2D eigenvalue weighted by molar-refractivity contribution is 7.85. The first-order valence-electron chi connectivity index (χ1n) is 6.75. The van der Waals surface area contributed by atoms with Gasteiger partial charge in [-0.3, -0.25) is 4.21 Å². The average Bonchev–Trinajstić information content (AvgIpc) is 2.29. The van der Waals surface area contributed by atoms with Gasteiger partial charge in [0, 0.05) is 27.8 Å². The van der Waals surface area contributed by atoms with Crippen LogP contribution < -0.4 is 5.32 Å². The first-order valence-corrected chi connectivity index (χ1v) is 8.13. The molecule has 3 heteroatoms. The molecule has 98 valence electrons. The van der Waals surface area contributed by atoms with Crippen LogP contribution in [0.2, 0.25) is 0 Å². The SMILES string of the molecule is CCCCCS(=O)C(CC)C(CCC)NC. The number of rotatable bonds is 10. The van der Waals surface area contributed by atoms with Crippen LogP contribution in [0.4, 0.5) is 0 Å². The minimum atomic E-state index is -0.653. The Morgan fingerprint density at radius 3 is 2.25 bits per heavy atom. The number of nitrogens with one attached hydrogen (secondary N) is 1. The Morgan fingerprint density at radius 2 is 1.81 bits per heavy atom. The van der Waals surface area contributed by atoms with Crippen molar-refractivity contribution >= 4 is 10.8 Å². The van der Waals surface area contributed by atoms with Crippen molar-refractivity contribution < 1.29 is 4.21 Å². The third-order valence-electron chi connectivity index (χ3n) is 3.11. The first kappa shape index (κ1) is 16.1. The summed E-state index contributed by atoms with van der Waals surface area (Å²) in [5.41, 5.74) is 0. The summed E-state index contributed by atoms with van der Waals surface area (Å²) in [5.74, 6) is 0.883. The van der Waals surface area contributed by atoms with Gasteiger partial charge in [0.05, 0.1) is 0 Å². The van der Waals surface area contributed by atoms with Crippen molar-refractivity contribution in [3.8, 4) is 0 Å². The number of unbranched alkanes of at least 4 members (excludes halogenated alkanes) is 2. The lowest BCUT2D eigenvalue weighted by atomic mass is 10.1. The van der Waals surface area contributed by atoms with E-state index in [1.165, 1.54) is 12.8 Å². The molecular weight excluding hydrogens is 218 g/mol. The Balaban J connectivity index is 4.16. The molecule has 0 saturated carbocycles. The van der Waals surface area contributed by atoms with Crippen LogP contribution in [-0.4, -0.2) is 28.3 Å². The lowest BCUT2D eigenvalue weighted by Crippen LogP contribution is -2.40. The zero-order valence-corrected chi connectivity index (χ0v) is 12.2. The second-order valence-corrected chi connectivity index (χ2v) is 6.20. The van der Waals surface area contributed by atoms with Crippen LogP contribution in [0.1, 0.15) is 59.3 Å². The standard InChI is InChI=1S/C13H29NOS/c1-5-8-9-11-16(15)13(7-3)12(14-4)10-6-2/h12-14H,5-11H2,1-4H3. The molecule has 0 aromatic rings. The zero-order chi connectivity index (χ0) is 12.4. The zero-order valence-electron chi connectivity index (χ0n) is 11.4. The molecule has 2 nitrogen and oxygen atoms in total. The van der Waals surface area contributed by atoms with E-state index >= 15 is 0 Å². The molecule has 0 spiro atoms. The van der Waals surface area contributed by atoms with Crippen molar-refractivity contribution in [2.75, 3.05) is 12.8 Å². The molecule has 0 heterocycles. The molecular formula is C13H29NOS. The predicted molar refractivity (Wildman–Crippen MR) is 74.4 cm³/mol. The van der Waals surface area contributed by atoms with Crippen LogP contribution in [0.15, 0.2) is 0 Å². The predicted octanol–water partition coefficient (Wildman–Crippen LogP) is 3.09. The molecule has 0 aromatic carbocycles. The molecule has 0 aliphatic heterocycles. The van der Waals surface area contributed by atoms with E-state index in [1.54, 1.807) is 0 Å². The van der Waals surface area contributed by atoms with Crippen molar-refractivity contribution in [3.05, 3.63) is 0 Å². The average molecular weight is 247 g/mol. The Morgan fingerprint density at radius 1 is 1.12 bits per heavy atom. The van der Waals surface area contributed by atoms with Gasteiger partial charge in [-0.2, -0.15) is 0 Å². The summed E-state index contributed by atoms with van der Waals surface area (Å²) in [6.07, 6.45) is 6.84. The first-order chi connectivity index (χ1) is 7.71. The fourth-order valence-corrected chi connectivity index (χ4v) is 3.93. The lowest BCUT2D eigenvalue weighted by Gasteiger charge is -2.25. The molecule has 3 atom stereocenters. The highest BCUT2D eigenvalue weighted by Crippen LogP contribution is 2.14. The number of hydrogen-bond donors (Lipinski definition) is 1. The van der Waals surface area contributed by atoms with Gasteiger partial charge in [0.15, 0.2) is 0 Å². The highest BCUT2D eigenvalue weighted by atomic mass is 32.2. The molecule has 16 heavy (non-hydrogen) atoms. The third-order valence-corrected chi connectivity index (χ3v) is 5.14.